The van der Waals surface area contributed by atoms with Gasteiger partial charge in [-0.15, -0.1) is 0 Å². The second-order valence-electron chi connectivity index (χ2n) is 5.40. The first-order chi connectivity index (χ1) is 9.79. The lowest BCUT2D eigenvalue weighted by molar-refractivity contribution is -0.139. The van der Waals surface area contributed by atoms with E-state index in [9.17, 15) is 22.7 Å². The Morgan fingerprint density at radius 1 is 1.19 bits per heavy atom. The molecule has 120 valence electrons. The third-order valence-corrected chi connectivity index (χ3v) is 3.78. The lowest BCUT2D eigenvalue weighted by atomic mass is 9.89. The van der Waals surface area contributed by atoms with Gasteiger partial charge in [0, 0.05) is 0 Å². The molecular formula is C16H22F4O. The van der Waals surface area contributed by atoms with E-state index in [1.807, 2.05) is 13.8 Å². The summed E-state index contributed by atoms with van der Waals surface area (Å²) >= 11 is 0. The van der Waals surface area contributed by atoms with E-state index in [2.05, 4.69) is 0 Å². The van der Waals surface area contributed by atoms with Gasteiger partial charge in [-0.1, -0.05) is 39.5 Å². The van der Waals surface area contributed by atoms with Gasteiger partial charge in [0.15, 0.2) is 0 Å². The van der Waals surface area contributed by atoms with Crippen molar-refractivity contribution in [2.45, 2.75) is 58.2 Å². The first-order valence-electron chi connectivity index (χ1n) is 7.34. The Morgan fingerprint density at radius 2 is 1.86 bits per heavy atom. The van der Waals surface area contributed by atoms with E-state index in [-0.39, 0.29) is 17.9 Å². The summed E-state index contributed by atoms with van der Waals surface area (Å²) < 4.78 is 52.0. The van der Waals surface area contributed by atoms with Gasteiger partial charge in [0.1, 0.15) is 5.82 Å². The van der Waals surface area contributed by atoms with Crippen LogP contribution in [0.5, 0.6) is 0 Å². The molecule has 0 aliphatic heterocycles. The van der Waals surface area contributed by atoms with E-state index in [4.69, 9.17) is 0 Å². The molecule has 1 rings (SSSR count). The Balaban J connectivity index is 2.95. The van der Waals surface area contributed by atoms with Crippen LogP contribution in [-0.2, 0) is 6.18 Å². The summed E-state index contributed by atoms with van der Waals surface area (Å²) in [5.41, 5.74) is -1.32. The van der Waals surface area contributed by atoms with Crippen molar-refractivity contribution in [3.63, 3.8) is 0 Å². The number of aliphatic hydroxyl groups excluding tert-OH is 1. The summed E-state index contributed by atoms with van der Waals surface area (Å²) in [6.45, 7) is 3.99. The minimum absolute atomic E-state index is 0.143. The van der Waals surface area contributed by atoms with Crippen molar-refractivity contribution in [1.82, 2.24) is 0 Å². The van der Waals surface area contributed by atoms with E-state index in [0.717, 1.165) is 37.8 Å². The monoisotopic (exact) mass is 306 g/mol. The molecule has 0 bridgehead atoms. The number of halogens is 4. The average molecular weight is 306 g/mol. The summed E-state index contributed by atoms with van der Waals surface area (Å²) in [4.78, 5) is 0. The number of hydrogen-bond acceptors (Lipinski definition) is 1. The second kappa shape index (κ2) is 7.78. The first-order valence-corrected chi connectivity index (χ1v) is 7.34. The fourth-order valence-corrected chi connectivity index (χ4v) is 2.49. The molecule has 0 heterocycles. The summed E-state index contributed by atoms with van der Waals surface area (Å²) in [6, 6.07) is 2.26. The smallest absolute Gasteiger partial charge is 0.388 e. The molecular weight excluding hydrogens is 284 g/mol. The van der Waals surface area contributed by atoms with Gasteiger partial charge in [-0.3, -0.25) is 0 Å². The summed E-state index contributed by atoms with van der Waals surface area (Å²) in [5, 5.41) is 10.1. The highest BCUT2D eigenvalue weighted by Crippen LogP contribution is 2.37. The van der Waals surface area contributed by atoms with Gasteiger partial charge >= 0.3 is 6.18 Å². The molecule has 1 aromatic carbocycles. The van der Waals surface area contributed by atoms with Crippen molar-refractivity contribution in [2.24, 2.45) is 5.92 Å². The molecule has 0 spiro atoms. The van der Waals surface area contributed by atoms with Gasteiger partial charge in [-0.25, -0.2) is 4.39 Å². The van der Waals surface area contributed by atoms with Crippen LogP contribution in [0.1, 0.15) is 63.2 Å². The van der Waals surface area contributed by atoms with Gasteiger partial charge < -0.3 is 5.11 Å². The first kappa shape index (κ1) is 18.0. The number of rotatable bonds is 7. The van der Waals surface area contributed by atoms with Crippen molar-refractivity contribution in [2.75, 3.05) is 0 Å². The lowest BCUT2D eigenvalue weighted by Crippen LogP contribution is -2.15. The molecule has 0 aliphatic carbocycles. The van der Waals surface area contributed by atoms with Crippen LogP contribution in [0.3, 0.4) is 0 Å². The SMILES string of the molecule is CCCCC(CC)CC(O)c1cc(F)ccc1C(F)(F)F. The zero-order valence-corrected chi connectivity index (χ0v) is 12.4. The molecule has 0 aromatic heterocycles. The third-order valence-electron chi connectivity index (χ3n) is 3.78. The number of hydrogen-bond donors (Lipinski definition) is 1. The van der Waals surface area contributed by atoms with Gasteiger partial charge in [0.25, 0.3) is 0 Å². The Bertz CT molecular complexity index is 442. The molecule has 2 unspecified atom stereocenters. The Morgan fingerprint density at radius 3 is 2.38 bits per heavy atom. The zero-order chi connectivity index (χ0) is 16.0. The van der Waals surface area contributed by atoms with Crippen molar-refractivity contribution >= 4 is 0 Å². The van der Waals surface area contributed by atoms with Crippen LogP contribution < -0.4 is 0 Å². The normalized spacial score (nSPS) is 15.0. The minimum Gasteiger partial charge on any atom is -0.388 e. The highest BCUT2D eigenvalue weighted by molar-refractivity contribution is 5.32. The molecule has 0 amide bonds. The van der Waals surface area contributed by atoms with E-state index in [1.165, 1.54) is 0 Å². The molecule has 5 heteroatoms. The molecule has 0 radical (unpaired) electrons. The molecule has 1 nitrogen and oxygen atoms in total. The fourth-order valence-electron chi connectivity index (χ4n) is 2.49. The molecule has 0 aliphatic rings. The van der Waals surface area contributed by atoms with Crippen LogP contribution in [0, 0.1) is 11.7 Å². The van der Waals surface area contributed by atoms with Crippen molar-refractivity contribution in [3.05, 3.63) is 35.1 Å². The van der Waals surface area contributed by atoms with Crippen LogP contribution in [0.25, 0.3) is 0 Å². The van der Waals surface area contributed by atoms with Crippen molar-refractivity contribution < 1.29 is 22.7 Å². The van der Waals surface area contributed by atoms with Crippen LogP contribution in [0.2, 0.25) is 0 Å². The van der Waals surface area contributed by atoms with Gasteiger partial charge in [0.05, 0.1) is 11.7 Å². The zero-order valence-electron chi connectivity index (χ0n) is 12.4. The molecule has 1 N–H and O–H groups in total. The van der Waals surface area contributed by atoms with Gasteiger partial charge in [-0.05, 0) is 36.1 Å². The molecule has 21 heavy (non-hydrogen) atoms. The van der Waals surface area contributed by atoms with Gasteiger partial charge in [0.2, 0.25) is 0 Å². The number of aliphatic hydroxyl groups is 1. The maximum atomic E-state index is 13.2. The van der Waals surface area contributed by atoms with Crippen molar-refractivity contribution in [3.8, 4) is 0 Å². The second-order valence-corrected chi connectivity index (χ2v) is 5.40. The van der Waals surface area contributed by atoms with Crippen LogP contribution in [0.4, 0.5) is 17.6 Å². The minimum atomic E-state index is -4.59. The van der Waals surface area contributed by atoms with Crippen LogP contribution in [0.15, 0.2) is 18.2 Å². The quantitative estimate of drug-likeness (QED) is 0.661. The topological polar surface area (TPSA) is 20.2 Å². The predicted molar refractivity (Wildman–Crippen MR) is 74.3 cm³/mol. The number of unbranched alkanes of at least 4 members (excludes halogenated alkanes) is 1. The maximum Gasteiger partial charge on any atom is 0.416 e. The van der Waals surface area contributed by atoms with Crippen molar-refractivity contribution in [1.29, 1.82) is 0 Å². The molecule has 0 fully saturated rings. The summed E-state index contributed by atoms with van der Waals surface area (Å²) in [7, 11) is 0. The largest absolute Gasteiger partial charge is 0.416 e. The standard InChI is InChI=1S/C16H22F4O/c1-3-5-6-11(4-2)9-15(21)13-10-12(17)7-8-14(13)16(18,19)20/h7-8,10-11,15,21H,3-6,9H2,1-2H3. The third kappa shape index (κ3) is 5.30. The number of alkyl halides is 3. The maximum absolute atomic E-state index is 13.2. The average Bonchev–Trinajstić information content (AvgIpc) is 2.41. The van der Waals surface area contributed by atoms with E-state index < -0.39 is 23.7 Å². The Labute approximate surface area is 123 Å². The predicted octanol–water partition coefficient (Wildman–Crippen LogP) is 5.48. The highest BCUT2D eigenvalue weighted by Gasteiger charge is 2.35. The Hall–Kier alpha value is -1.10. The molecule has 0 saturated carbocycles. The molecule has 1 aromatic rings. The molecule has 2 atom stereocenters. The fraction of sp³-hybridized carbons (Fsp3) is 0.625. The molecule has 0 saturated heterocycles. The van der Waals surface area contributed by atoms with E-state index in [1.54, 1.807) is 0 Å². The number of benzene rings is 1. The summed E-state index contributed by atoms with van der Waals surface area (Å²) in [5.74, 6) is -0.622. The highest BCUT2D eigenvalue weighted by atomic mass is 19.4. The lowest BCUT2D eigenvalue weighted by Gasteiger charge is -2.22. The van der Waals surface area contributed by atoms with E-state index >= 15 is 0 Å². The van der Waals surface area contributed by atoms with Crippen LogP contribution >= 0.6 is 0 Å². The van der Waals surface area contributed by atoms with Gasteiger partial charge in [-0.2, -0.15) is 13.2 Å². The Kier molecular flexibility index (Phi) is 6.65. The summed E-state index contributed by atoms with van der Waals surface area (Å²) in [6.07, 6.45) is -2.04. The van der Waals surface area contributed by atoms with Crippen LogP contribution in [-0.4, -0.2) is 5.11 Å². The van der Waals surface area contributed by atoms with E-state index in [0.29, 0.717) is 6.07 Å².